The molecule has 7 aromatic rings. The molecule has 4 fully saturated rings. The highest BCUT2D eigenvalue weighted by Gasteiger charge is 2.51. The van der Waals surface area contributed by atoms with Gasteiger partial charge in [-0.2, -0.15) is 5.26 Å². The van der Waals surface area contributed by atoms with Crippen molar-refractivity contribution in [2.75, 3.05) is 0 Å². The third kappa shape index (κ3) is 5.31. The molecule has 4 bridgehead atoms. The highest BCUT2D eigenvalue weighted by atomic mass is 15.0. The van der Waals surface area contributed by atoms with Crippen molar-refractivity contribution < 1.29 is 0 Å². The number of hydrogen-bond donors (Lipinski definition) is 0. The lowest BCUT2D eigenvalue weighted by Gasteiger charge is -2.57. The molecule has 1 aromatic heterocycles. The lowest BCUT2D eigenvalue weighted by atomic mass is 9.48. The van der Waals surface area contributed by atoms with E-state index >= 15 is 0 Å². The van der Waals surface area contributed by atoms with Crippen LogP contribution in [0.5, 0.6) is 0 Å². The molecule has 52 heavy (non-hydrogen) atoms. The first-order chi connectivity index (χ1) is 25.6. The topological polar surface area (TPSA) is 62.5 Å². The Hall–Kier alpha value is -5.92. The highest BCUT2D eigenvalue weighted by Crippen LogP contribution is 2.60. The van der Waals surface area contributed by atoms with Crippen LogP contribution in [0.2, 0.25) is 0 Å². The molecular weight excluding hydrogens is 633 g/mol. The quantitative estimate of drug-likeness (QED) is 0.177. The third-order valence-electron chi connectivity index (χ3n) is 12.1. The first kappa shape index (κ1) is 30.9. The van der Waals surface area contributed by atoms with Gasteiger partial charge in [0.1, 0.15) is 0 Å². The third-order valence-corrected chi connectivity index (χ3v) is 12.1. The van der Waals surface area contributed by atoms with Crippen LogP contribution in [0, 0.1) is 29.1 Å². The molecule has 11 rings (SSSR count). The summed E-state index contributed by atoms with van der Waals surface area (Å²) in [6.07, 6.45) is 8.34. The van der Waals surface area contributed by atoms with Crippen molar-refractivity contribution in [3.05, 3.63) is 151 Å². The summed E-state index contributed by atoms with van der Waals surface area (Å²) in [5.74, 6) is 4.57. The zero-order valence-corrected chi connectivity index (χ0v) is 29.0. The molecule has 4 nitrogen and oxygen atoms in total. The standard InChI is InChI=1S/C48H38N4/c49-30-39-15-8-16-42-43(22-21-41(44(39)42)35-11-5-2-6-12-35)47-51-45(50-46(52-47)38-14-7-13-37(26-38)34-9-3-1-4-10-34)36-17-19-40(20-18-36)48-27-31-23-32(28-48)25-33(24-31)29-48/h1-22,26,31-33H,23-25,27-29H2/t31-,32-,33-,48?. The van der Waals surface area contributed by atoms with E-state index in [1.54, 1.807) is 0 Å². The molecule has 0 N–H and O–H groups in total. The Labute approximate surface area is 304 Å². The first-order valence-electron chi connectivity index (χ1n) is 18.7. The molecule has 0 atom stereocenters. The second kappa shape index (κ2) is 12.4. The Morgan fingerprint density at radius 3 is 1.71 bits per heavy atom. The van der Waals surface area contributed by atoms with E-state index in [4.69, 9.17) is 15.0 Å². The van der Waals surface area contributed by atoms with Crippen LogP contribution < -0.4 is 0 Å². The van der Waals surface area contributed by atoms with Gasteiger partial charge < -0.3 is 0 Å². The van der Waals surface area contributed by atoms with Gasteiger partial charge in [-0.25, -0.2) is 15.0 Å². The van der Waals surface area contributed by atoms with Crippen LogP contribution in [0.25, 0.3) is 67.2 Å². The van der Waals surface area contributed by atoms with Crippen molar-refractivity contribution in [1.29, 1.82) is 5.26 Å². The molecule has 4 aliphatic carbocycles. The zero-order valence-electron chi connectivity index (χ0n) is 29.0. The summed E-state index contributed by atoms with van der Waals surface area (Å²) in [5, 5.41) is 12.1. The summed E-state index contributed by atoms with van der Waals surface area (Å²) in [5.41, 5.74) is 9.58. The fourth-order valence-electron chi connectivity index (χ4n) is 10.2. The van der Waals surface area contributed by atoms with Crippen LogP contribution >= 0.6 is 0 Å². The minimum absolute atomic E-state index is 0.332. The average molecular weight is 671 g/mol. The Morgan fingerprint density at radius 2 is 1.04 bits per heavy atom. The van der Waals surface area contributed by atoms with Crippen LogP contribution in [-0.4, -0.2) is 15.0 Å². The Balaban J connectivity index is 1.13. The van der Waals surface area contributed by atoms with Gasteiger partial charge in [0.15, 0.2) is 17.5 Å². The van der Waals surface area contributed by atoms with E-state index in [0.29, 0.717) is 28.5 Å². The molecule has 0 aliphatic heterocycles. The van der Waals surface area contributed by atoms with E-state index in [-0.39, 0.29) is 0 Å². The maximum absolute atomic E-state index is 10.3. The average Bonchev–Trinajstić information content (AvgIpc) is 3.20. The smallest absolute Gasteiger partial charge is 0.164 e. The summed E-state index contributed by atoms with van der Waals surface area (Å²) >= 11 is 0. The molecule has 4 saturated carbocycles. The van der Waals surface area contributed by atoms with Crippen LogP contribution in [0.15, 0.2) is 140 Å². The lowest BCUT2D eigenvalue weighted by Crippen LogP contribution is -2.48. The molecule has 0 amide bonds. The minimum Gasteiger partial charge on any atom is -0.208 e. The van der Waals surface area contributed by atoms with E-state index in [1.165, 1.54) is 44.1 Å². The predicted octanol–water partition coefficient (Wildman–Crippen LogP) is 11.7. The molecular formula is C48H38N4. The lowest BCUT2D eigenvalue weighted by molar-refractivity contribution is -0.00518. The summed E-state index contributed by atoms with van der Waals surface area (Å²) in [4.78, 5) is 15.5. The summed E-state index contributed by atoms with van der Waals surface area (Å²) < 4.78 is 0. The monoisotopic (exact) mass is 670 g/mol. The van der Waals surface area contributed by atoms with Crippen LogP contribution in [-0.2, 0) is 5.41 Å². The van der Waals surface area contributed by atoms with Gasteiger partial charge in [0.05, 0.1) is 11.6 Å². The van der Waals surface area contributed by atoms with Crippen molar-refractivity contribution in [2.24, 2.45) is 17.8 Å². The summed E-state index contributed by atoms with van der Waals surface area (Å²) in [6, 6.07) is 50.9. The molecule has 1 heterocycles. The minimum atomic E-state index is 0.332. The van der Waals surface area contributed by atoms with Gasteiger partial charge in [-0.3, -0.25) is 0 Å². The highest BCUT2D eigenvalue weighted by molar-refractivity contribution is 6.07. The molecule has 0 radical (unpaired) electrons. The van der Waals surface area contributed by atoms with Gasteiger partial charge in [-0.05, 0) is 113 Å². The fourth-order valence-corrected chi connectivity index (χ4v) is 10.2. The first-order valence-corrected chi connectivity index (χ1v) is 18.7. The van der Waals surface area contributed by atoms with Crippen molar-refractivity contribution >= 4 is 10.8 Å². The maximum atomic E-state index is 10.3. The van der Waals surface area contributed by atoms with Gasteiger partial charge in [-0.15, -0.1) is 0 Å². The normalized spacial score (nSPS) is 21.6. The van der Waals surface area contributed by atoms with Gasteiger partial charge >= 0.3 is 0 Å². The van der Waals surface area contributed by atoms with Crippen molar-refractivity contribution in [3.63, 3.8) is 0 Å². The number of benzene rings is 6. The number of nitrogens with zero attached hydrogens (tertiary/aromatic N) is 4. The number of nitriles is 1. The number of aromatic nitrogens is 3. The van der Waals surface area contributed by atoms with E-state index in [2.05, 4.69) is 109 Å². The molecule has 0 unspecified atom stereocenters. The van der Waals surface area contributed by atoms with E-state index in [1.807, 2.05) is 36.4 Å². The molecule has 4 aliphatic rings. The predicted molar refractivity (Wildman–Crippen MR) is 209 cm³/mol. The Kier molecular flexibility index (Phi) is 7.35. The second-order valence-corrected chi connectivity index (χ2v) is 15.4. The SMILES string of the molecule is N#Cc1cccc2c(-c3nc(-c4ccc(C56C[C@H]7C[C@H](C5)C[C@@H](C6)C7)cc4)nc(-c4cccc(-c5ccccc5)c4)n3)ccc(-c3ccccc3)c12. The van der Waals surface area contributed by atoms with E-state index in [0.717, 1.165) is 67.5 Å². The van der Waals surface area contributed by atoms with Crippen molar-refractivity contribution in [2.45, 2.75) is 43.9 Å². The number of fused-ring (bicyclic) bond motifs is 1. The molecule has 0 spiro atoms. The molecule has 6 aromatic carbocycles. The maximum Gasteiger partial charge on any atom is 0.164 e. The van der Waals surface area contributed by atoms with E-state index < -0.39 is 0 Å². The van der Waals surface area contributed by atoms with Crippen LogP contribution in [0.3, 0.4) is 0 Å². The van der Waals surface area contributed by atoms with Gasteiger partial charge in [-0.1, -0.05) is 121 Å². The number of rotatable bonds is 6. The van der Waals surface area contributed by atoms with Gasteiger partial charge in [0, 0.05) is 22.1 Å². The second-order valence-electron chi connectivity index (χ2n) is 15.4. The Bertz CT molecular complexity index is 2460. The molecule has 250 valence electrons. The molecule has 4 heteroatoms. The number of hydrogen-bond acceptors (Lipinski definition) is 4. The van der Waals surface area contributed by atoms with Crippen molar-refractivity contribution in [1.82, 2.24) is 15.0 Å². The zero-order chi connectivity index (χ0) is 34.6. The largest absolute Gasteiger partial charge is 0.208 e. The van der Waals surface area contributed by atoms with Crippen molar-refractivity contribution in [3.8, 4) is 62.5 Å². The van der Waals surface area contributed by atoms with Crippen LogP contribution in [0.4, 0.5) is 0 Å². The van der Waals surface area contributed by atoms with Gasteiger partial charge in [0.2, 0.25) is 0 Å². The molecule has 0 saturated heterocycles. The van der Waals surface area contributed by atoms with Crippen LogP contribution in [0.1, 0.15) is 49.7 Å². The Morgan fingerprint density at radius 1 is 0.481 bits per heavy atom. The van der Waals surface area contributed by atoms with Gasteiger partial charge in [0.25, 0.3) is 0 Å². The summed E-state index contributed by atoms with van der Waals surface area (Å²) in [6.45, 7) is 0. The van der Waals surface area contributed by atoms with E-state index in [9.17, 15) is 5.26 Å². The summed E-state index contributed by atoms with van der Waals surface area (Å²) in [7, 11) is 0. The fraction of sp³-hybridized carbons (Fsp3) is 0.208.